The summed E-state index contributed by atoms with van der Waals surface area (Å²) in [7, 11) is 0. The van der Waals surface area contributed by atoms with E-state index < -0.39 is 0 Å². The van der Waals surface area contributed by atoms with Crippen molar-refractivity contribution in [3.8, 4) is 0 Å². The number of hydrogen-bond donors (Lipinski definition) is 2. The molecule has 0 aliphatic carbocycles. The number of aromatic nitrogens is 2. The van der Waals surface area contributed by atoms with Gasteiger partial charge in [0.1, 0.15) is 0 Å². The predicted molar refractivity (Wildman–Crippen MR) is 58.0 cm³/mol. The lowest BCUT2D eigenvalue weighted by atomic mass is 10.1. The number of carbonyl (C=O) groups excluding carboxylic acids is 1. The summed E-state index contributed by atoms with van der Waals surface area (Å²) in [5.74, 6) is -0.523. The van der Waals surface area contributed by atoms with Gasteiger partial charge in [-0.25, -0.2) is 0 Å². The van der Waals surface area contributed by atoms with Gasteiger partial charge in [-0.3, -0.25) is 9.48 Å². The Bertz CT molecular complexity index is 370. The lowest BCUT2D eigenvalue weighted by molar-refractivity contribution is -0.121. The van der Waals surface area contributed by atoms with Crippen LogP contribution in [0.2, 0.25) is 0 Å². The van der Waals surface area contributed by atoms with Gasteiger partial charge in [0.2, 0.25) is 5.91 Å². The van der Waals surface area contributed by atoms with Gasteiger partial charge in [0.15, 0.2) is 0 Å². The Morgan fingerprint density at radius 2 is 2.13 bits per heavy atom. The summed E-state index contributed by atoms with van der Waals surface area (Å²) in [6.45, 7) is 6.65. The molecule has 5 heteroatoms. The monoisotopic (exact) mass is 210 g/mol. The maximum absolute atomic E-state index is 10.9. The molecule has 0 aliphatic rings. The van der Waals surface area contributed by atoms with E-state index in [4.69, 9.17) is 11.5 Å². The standard InChI is InChI=1S/C10H18N4O/c1-6(10(12)15)5-14-8(3)9(4-11)7(2)13-14/h6H,4-5,11H2,1-3H3,(H2,12,15). The average molecular weight is 210 g/mol. The lowest BCUT2D eigenvalue weighted by Crippen LogP contribution is -2.25. The Hall–Kier alpha value is -1.36. The van der Waals surface area contributed by atoms with E-state index in [1.54, 1.807) is 11.6 Å². The van der Waals surface area contributed by atoms with Gasteiger partial charge < -0.3 is 11.5 Å². The molecule has 0 fully saturated rings. The summed E-state index contributed by atoms with van der Waals surface area (Å²) in [6.07, 6.45) is 0. The molecule has 1 atom stereocenters. The second-order valence-corrected chi connectivity index (χ2v) is 3.84. The largest absolute Gasteiger partial charge is 0.369 e. The van der Waals surface area contributed by atoms with Gasteiger partial charge in [0.25, 0.3) is 0 Å². The Labute approximate surface area is 89.4 Å². The number of nitrogens with zero attached hydrogens (tertiary/aromatic N) is 2. The van der Waals surface area contributed by atoms with E-state index in [0.29, 0.717) is 13.1 Å². The van der Waals surface area contributed by atoms with Crippen molar-refractivity contribution in [1.82, 2.24) is 9.78 Å². The van der Waals surface area contributed by atoms with E-state index in [2.05, 4.69) is 5.10 Å². The molecular formula is C10H18N4O. The van der Waals surface area contributed by atoms with Crippen molar-refractivity contribution in [1.29, 1.82) is 0 Å². The van der Waals surface area contributed by atoms with Crippen molar-refractivity contribution < 1.29 is 4.79 Å². The van der Waals surface area contributed by atoms with E-state index >= 15 is 0 Å². The third-order valence-electron chi connectivity index (χ3n) is 2.67. The third-order valence-corrected chi connectivity index (χ3v) is 2.67. The van der Waals surface area contributed by atoms with Crippen molar-refractivity contribution in [2.75, 3.05) is 0 Å². The molecule has 1 amide bonds. The highest BCUT2D eigenvalue weighted by molar-refractivity contribution is 5.76. The molecule has 0 spiro atoms. The Balaban J connectivity index is 2.91. The minimum Gasteiger partial charge on any atom is -0.369 e. The fourth-order valence-corrected chi connectivity index (χ4v) is 1.56. The van der Waals surface area contributed by atoms with Crippen LogP contribution in [0.15, 0.2) is 0 Å². The van der Waals surface area contributed by atoms with Crippen LogP contribution in [0.25, 0.3) is 0 Å². The third kappa shape index (κ3) is 2.36. The SMILES string of the molecule is Cc1nn(CC(C)C(N)=O)c(C)c1CN. The molecule has 0 saturated carbocycles. The highest BCUT2D eigenvalue weighted by atomic mass is 16.1. The van der Waals surface area contributed by atoms with Crippen LogP contribution in [0, 0.1) is 19.8 Å². The summed E-state index contributed by atoms with van der Waals surface area (Å²) >= 11 is 0. The van der Waals surface area contributed by atoms with Crippen LogP contribution in [0.5, 0.6) is 0 Å². The zero-order valence-electron chi connectivity index (χ0n) is 9.45. The quantitative estimate of drug-likeness (QED) is 0.737. The molecule has 0 saturated heterocycles. The predicted octanol–water partition coefficient (Wildman–Crippen LogP) is 0.0800. The molecular weight excluding hydrogens is 192 g/mol. The number of amides is 1. The van der Waals surface area contributed by atoms with Crippen molar-refractivity contribution in [2.24, 2.45) is 17.4 Å². The van der Waals surface area contributed by atoms with Gasteiger partial charge in [-0.15, -0.1) is 0 Å². The molecule has 1 aromatic heterocycles. The molecule has 1 unspecified atom stereocenters. The summed E-state index contributed by atoms with van der Waals surface area (Å²) in [5.41, 5.74) is 13.8. The fourth-order valence-electron chi connectivity index (χ4n) is 1.56. The molecule has 15 heavy (non-hydrogen) atoms. The number of nitrogens with two attached hydrogens (primary N) is 2. The Morgan fingerprint density at radius 1 is 1.53 bits per heavy atom. The molecule has 0 bridgehead atoms. The van der Waals surface area contributed by atoms with Crippen molar-refractivity contribution in [3.05, 3.63) is 17.0 Å². The van der Waals surface area contributed by atoms with E-state index in [-0.39, 0.29) is 11.8 Å². The summed E-state index contributed by atoms with van der Waals surface area (Å²) < 4.78 is 1.80. The normalized spacial score (nSPS) is 12.8. The maximum Gasteiger partial charge on any atom is 0.222 e. The minimum atomic E-state index is -0.308. The van der Waals surface area contributed by atoms with E-state index in [9.17, 15) is 4.79 Å². The van der Waals surface area contributed by atoms with E-state index in [0.717, 1.165) is 17.0 Å². The number of hydrogen-bond acceptors (Lipinski definition) is 3. The van der Waals surface area contributed by atoms with Crippen molar-refractivity contribution >= 4 is 5.91 Å². The van der Waals surface area contributed by atoms with Crippen LogP contribution in [0.1, 0.15) is 23.9 Å². The van der Waals surface area contributed by atoms with Crippen LogP contribution in [0.4, 0.5) is 0 Å². The molecule has 5 nitrogen and oxygen atoms in total. The van der Waals surface area contributed by atoms with E-state index in [1.165, 1.54) is 0 Å². The van der Waals surface area contributed by atoms with E-state index in [1.807, 2.05) is 13.8 Å². The molecule has 84 valence electrons. The highest BCUT2D eigenvalue weighted by Crippen LogP contribution is 2.13. The molecule has 4 N–H and O–H groups in total. The smallest absolute Gasteiger partial charge is 0.222 e. The minimum absolute atomic E-state index is 0.214. The molecule has 0 radical (unpaired) electrons. The summed E-state index contributed by atoms with van der Waals surface area (Å²) in [6, 6.07) is 0. The Morgan fingerprint density at radius 3 is 2.53 bits per heavy atom. The first-order chi connectivity index (χ1) is 6.97. The number of carbonyl (C=O) groups is 1. The first-order valence-electron chi connectivity index (χ1n) is 4.99. The molecule has 0 aromatic carbocycles. The summed E-state index contributed by atoms with van der Waals surface area (Å²) in [4.78, 5) is 10.9. The van der Waals surface area contributed by atoms with Gasteiger partial charge in [-0.1, -0.05) is 6.92 Å². The lowest BCUT2D eigenvalue weighted by Gasteiger charge is -2.09. The summed E-state index contributed by atoms with van der Waals surface area (Å²) in [5, 5.41) is 4.33. The number of primary amides is 1. The second kappa shape index (κ2) is 4.44. The van der Waals surface area contributed by atoms with Gasteiger partial charge >= 0.3 is 0 Å². The maximum atomic E-state index is 10.9. The highest BCUT2D eigenvalue weighted by Gasteiger charge is 2.14. The van der Waals surface area contributed by atoms with Crippen LogP contribution < -0.4 is 11.5 Å². The zero-order valence-corrected chi connectivity index (χ0v) is 9.45. The molecule has 1 heterocycles. The van der Waals surface area contributed by atoms with Gasteiger partial charge in [-0.05, 0) is 13.8 Å². The van der Waals surface area contributed by atoms with Crippen LogP contribution in [-0.2, 0) is 17.9 Å². The van der Waals surface area contributed by atoms with Gasteiger partial charge in [0, 0.05) is 17.8 Å². The Kier molecular flexibility index (Phi) is 3.47. The first kappa shape index (κ1) is 11.7. The number of rotatable bonds is 4. The fraction of sp³-hybridized carbons (Fsp3) is 0.600. The average Bonchev–Trinajstić information content (AvgIpc) is 2.41. The van der Waals surface area contributed by atoms with Gasteiger partial charge in [0.05, 0.1) is 18.2 Å². The number of aryl methyl sites for hydroxylation is 1. The molecule has 1 aromatic rings. The van der Waals surface area contributed by atoms with Crippen LogP contribution >= 0.6 is 0 Å². The molecule has 0 aliphatic heterocycles. The van der Waals surface area contributed by atoms with Gasteiger partial charge in [-0.2, -0.15) is 5.10 Å². The first-order valence-corrected chi connectivity index (χ1v) is 4.99. The zero-order chi connectivity index (χ0) is 11.6. The van der Waals surface area contributed by atoms with Crippen LogP contribution in [0.3, 0.4) is 0 Å². The van der Waals surface area contributed by atoms with Crippen molar-refractivity contribution in [2.45, 2.75) is 33.9 Å². The second-order valence-electron chi connectivity index (χ2n) is 3.84. The molecule has 1 rings (SSSR count). The van der Waals surface area contributed by atoms with Crippen molar-refractivity contribution in [3.63, 3.8) is 0 Å². The van der Waals surface area contributed by atoms with Crippen LogP contribution in [-0.4, -0.2) is 15.7 Å². The topological polar surface area (TPSA) is 86.9 Å².